The first kappa shape index (κ1) is 17.4. The van der Waals surface area contributed by atoms with Crippen LogP contribution in [0.25, 0.3) is 20.8 Å². The first-order valence-corrected chi connectivity index (χ1v) is 9.86. The number of benzene rings is 3. The average molecular weight is 372 g/mol. The molecule has 0 aliphatic rings. The topological polar surface area (TPSA) is 42.0 Å². The van der Waals surface area contributed by atoms with Gasteiger partial charge in [0.15, 0.2) is 0 Å². The third-order valence-electron chi connectivity index (χ3n) is 4.57. The smallest absolute Gasteiger partial charge is 0.251 e. The number of rotatable bonds is 5. The Morgan fingerprint density at radius 1 is 0.926 bits per heavy atom. The fourth-order valence-corrected chi connectivity index (χ4v) is 3.91. The third-order valence-corrected chi connectivity index (χ3v) is 5.66. The van der Waals surface area contributed by atoms with E-state index in [1.54, 1.807) is 11.3 Å². The van der Waals surface area contributed by atoms with Crippen molar-refractivity contribution < 1.29 is 4.79 Å². The number of carbonyl (C=O) groups excluding carboxylic acids is 1. The van der Waals surface area contributed by atoms with Crippen LogP contribution in [-0.4, -0.2) is 10.9 Å². The van der Waals surface area contributed by atoms with E-state index in [2.05, 4.69) is 35.4 Å². The molecule has 4 heteroatoms. The zero-order valence-electron chi connectivity index (χ0n) is 15.1. The van der Waals surface area contributed by atoms with E-state index in [9.17, 15) is 4.79 Å². The number of fused-ring (bicyclic) bond motifs is 1. The molecule has 0 atom stereocenters. The number of hydrogen-bond donors (Lipinski definition) is 1. The standard InChI is InChI=1S/C23H20N2OS/c1-2-16-7-11-18(12-8-16)22(26)24-15-17-9-13-19(14-10-17)23-25-20-5-3-4-6-21(20)27-23/h3-14H,2,15H2,1H3,(H,24,26). The zero-order chi connectivity index (χ0) is 18.6. The van der Waals surface area contributed by atoms with Crippen LogP contribution in [0.1, 0.15) is 28.4 Å². The number of aryl methyl sites for hydroxylation is 1. The molecule has 3 aromatic carbocycles. The number of thiazole rings is 1. The number of nitrogens with zero attached hydrogens (tertiary/aromatic N) is 1. The van der Waals surface area contributed by atoms with E-state index in [1.807, 2.05) is 54.6 Å². The summed E-state index contributed by atoms with van der Waals surface area (Å²) in [5.41, 5.74) is 5.12. The second kappa shape index (κ2) is 7.72. The van der Waals surface area contributed by atoms with Gasteiger partial charge in [0.1, 0.15) is 5.01 Å². The zero-order valence-corrected chi connectivity index (χ0v) is 15.9. The highest BCUT2D eigenvalue weighted by atomic mass is 32.1. The fourth-order valence-electron chi connectivity index (χ4n) is 2.94. The lowest BCUT2D eigenvalue weighted by Gasteiger charge is -2.07. The Bertz CT molecular complexity index is 1030. The summed E-state index contributed by atoms with van der Waals surface area (Å²) in [6.07, 6.45) is 0.975. The van der Waals surface area contributed by atoms with E-state index in [-0.39, 0.29) is 5.91 Å². The van der Waals surface area contributed by atoms with E-state index < -0.39 is 0 Å². The molecule has 0 aliphatic heterocycles. The van der Waals surface area contributed by atoms with Gasteiger partial charge in [0.05, 0.1) is 10.2 Å². The molecule has 27 heavy (non-hydrogen) atoms. The molecule has 0 aliphatic carbocycles. The van der Waals surface area contributed by atoms with Crippen molar-refractivity contribution in [3.05, 3.63) is 89.5 Å². The molecule has 1 heterocycles. The molecule has 0 unspecified atom stereocenters. The predicted molar refractivity (Wildman–Crippen MR) is 112 cm³/mol. The summed E-state index contributed by atoms with van der Waals surface area (Å²) in [6, 6.07) is 24.1. The van der Waals surface area contributed by atoms with Gasteiger partial charge in [-0.3, -0.25) is 4.79 Å². The molecule has 3 nitrogen and oxygen atoms in total. The first-order chi connectivity index (χ1) is 13.2. The molecule has 1 amide bonds. The van der Waals surface area contributed by atoms with Gasteiger partial charge >= 0.3 is 0 Å². The van der Waals surface area contributed by atoms with Crippen molar-refractivity contribution in [2.45, 2.75) is 19.9 Å². The van der Waals surface area contributed by atoms with Crippen molar-refractivity contribution in [3.8, 4) is 10.6 Å². The van der Waals surface area contributed by atoms with Gasteiger partial charge < -0.3 is 5.32 Å². The SMILES string of the molecule is CCc1ccc(C(=O)NCc2ccc(-c3nc4ccccc4s3)cc2)cc1. The van der Waals surface area contributed by atoms with Crippen LogP contribution in [0.3, 0.4) is 0 Å². The Labute approximate surface area is 162 Å². The summed E-state index contributed by atoms with van der Waals surface area (Å²) in [5.74, 6) is -0.0482. The summed E-state index contributed by atoms with van der Waals surface area (Å²) in [7, 11) is 0. The molecule has 0 bridgehead atoms. The highest BCUT2D eigenvalue weighted by molar-refractivity contribution is 7.21. The molecule has 1 N–H and O–H groups in total. The Morgan fingerprint density at radius 2 is 1.63 bits per heavy atom. The van der Waals surface area contributed by atoms with Crippen LogP contribution in [-0.2, 0) is 13.0 Å². The number of amides is 1. The van der Waals surface area contributed by atoms with Gasteiger partial charge in [0, 0.05) is 17.7 Å². The van der Waals surface area contributed by atoms with Crippen LogP contribution in [0.5, 0.6) is 0 Å². The van der Waals surface area contributed by atoms with Crippen LogP contribution in [0.2, 0.25) is 0 Å². The highest BCUT2D eigenvalue weighted by Crippen LogP contribution is 2.29. The monoisotopic (exact) mass is 372 g/mol. The molecule has 0 saturated carbocycles. The first-order valence-electron chi connectivity index (χ1n) is 9.05. The maximum atomic E-state index is 12.3. The van der Waals surface area contributed by atoms with E-state index >= 15 is 0 Å². The second-order valence-electron chi connectivity index (χ2n) is 6.42. The van der Waals surface area contributed by atoms with Crippen LogP contribution < -0.4 is 5.32 Å². The molecule has 0 radical (unpaired) electrons. The van der Waals surface area contributed by atoms with Crippen molar-refractivity contribution in [1.82, 2.24) is 10.3 Å². The minimum absolute atomic E-state index is 0.0482. The quantitative estimate of drug-likeness (QED) is 0.506. The number of aromatic nitrogens is 1. The minimum Gasteiger partial charge on any atom is -0.348 e. The molecule has 4 rings (SSSR count). The third kappa shape index (κ3) is 3.91. The maximum absolute atomic E-state index is 12.3. The largest absolute Gasteiger partial charge is 0.348 e. The fraction of sp³-hybridized carbons (Fsp3) is 0.130. The van der Waals surface area contributed by atoms with Crippen molar-refractivity contribution >= 4 is 27.5 Å². The Hall–Kier alpha value is -2.98. The number of hydrogen-bond acceptors (Lipinski definition) is 3. The van der Waals surface area contributed by atoms with E-state index in [4.69, 9.17) is 0 Å². The molecular formula is C23H20N2OS. The average Bonchev–Trinajstić information content (AvgIpc) is 3.17. The van der Waals surface area contributed by atoms with Gasteiger partial charge in [0.25, 0.3) is 5.91 Å². The lowest BCUT2D eigenvalue weighted by molar-refractivity contribution is 0.0951. The van der Waals surface area contributed by atoms with Crippen LogP contribution in [0.4, 0.5) is 0 Å². The Kier molecular flexibility index (Phi) is 4.99. The molecule has 4 aromatic rings. The van der Waals surface area contributed by atoms with Gasteiger partial charge in [-0.25, -0.2) is 4.98 Å². The maximum Gasteiger partial charge on any atom is 0.251 e. The second-order valence-corrected chi connectivity index (χ2v) is 7.45. The van der Waals surface area contributed by atoms with Gasteiger partial charge in [-0.15, -0.1) is 11.3 Å². The van der Waals surface area contributed by atoms with Gasteiger partial charge in [0.2, 0.25) is 0 Å². The van der Waals surface area contributed by atoms with Crippen molar-refractivity contribution in [3.63, 3.8) is 0 Å². The Morgan fingerprint density at radius 3 is 2.33 bits per heavy atom. The summed E-state index contributed by atoms with van der Waals surface area (Å²) < 4.78 is 1.19. The lowest BCUT2D eigenvalue weighted by Crippen LogP contribution is -2.22. The van der Waals surface area contributed by atoms with Gasteiger partial charge in [-0.2, -0.15) is 0 Å². The normalized spacial score (nSPS) is 10.9. The number of para-hydroxylation sites is 1. The molecule has 0 saturated heterocycles. The summed E-state index contributed by atoms with van der Waals surface area (Å²) in [4.78, 5) is 17.0. The molecule has 0 spiro atoms. The predicted octanol–water partition coefficient (Wildman–Crippen LogP) is 5.46. The molecule has 1 aromatic heterocycles. The van der Waals surface area contributed by atoms with Crippen LogP contribution >= 0.6 is 11.3 Å². The highest BCUT2D eigenvalue weighted by Gasteiger charge is 2.07. The lowest BCUT2D eigenvalue weighted by atomic mass is 10.1. The molecule has 0 fully saturated rings. The summed E-state index contributed by atoms with van der Waals surface area (Å²) >= 11 is 1.69. The summed E-state index contributed by atoms with van der Waals surface area (Å²) in [5, 5.41) is 4.00. The molecular weight excluding hydrogens is 352 g/mol. The Balaban J connectivity index is 1.42. The van der Waals surface area contributed by atoms with Crippen LogP contribution in [0.15, 0.2) is 72.8 Å². The summed E-state index contributed by atoms with van der Waals surface area (Å²) in [6.45, 7) is 2.61. The number of carbonyl (C=O) groups is 1. The van der Waals surface area contributed by atoms with Crippen molar-refractivity contribution in [2.24, 2.45) is 0 Å². The van der Waals surface area contributed by atoms with E-state index in [0.29, 0.717) is 12.1 Å². The van der Waals surface area contributed by atoms with Crippen molar-refractivity contribution in [1.29, 1.82) is 0 Å². The van der Waals surface area contributed by atoms with Gasteiger partial charge in [-0.1, -0.05) is 55.5 Å². The van der Waals surface area contributed by atoms with Crippen LogP contribution in [0, 0.1) is 0 Å². The van der Waals surface area contributed by atoms with E-state index in [1.165, 1.54) is 10.3 Å². The molecule has 134 valence electrons. The minimum atomic E-state index is -0.0482. The number of nitrogens with one attached hydrogen (secondary N) is 1. The van der Waals surface area contributed by atoms with Gasteiger partial charge in [-0.05, 0) is 41.8 Å². The van der Waals surface area contributed by atoms with Crippen molar-refractivity contribution in [2.75, 3.05) is 0 Å². The van der Waals surface area contributed by atoms with E-state index in [0.717, 1.165) is 28.1 Å².